The molecule has 2 aromatic rings. The second kappa shape index (κ2) is 10.9. The Bertz CT molecular complexity index is 733. The highest BCUT2D eigenvalue weighted by atomic mass is 16.5. The molecule has 28 heavy (non-hydrogen) atoms. The van der Waals surface area contributed by atoms with E-state index >= 15 is 0 Å². The molecule has 0 unspecified atom stereocenters. The van der Waals surface area contributed by atoms with Crippen LogP contribution in [-0.4, -0.2) is 6.61 Å². The first-order valence-corrected chi connectivity index (χ1v) is 11.0. The number of unbranched alkanes of at least 4 members (excludes halogenated alkanes) is 2. The fourth-order valence-electron chi connectivity index (χ4n) is 4.10. The van der Waals surface area contributed by atoms with Gasteiger partial charge in [-0.25, -0.2) is 0 Å². The van der Waals surface area contributed by atoms with Gasteiger partial charge in [0.2, 0.25) is 0 Å². The van der Waals surface area contributed by atoms with Crippen LogP contribution in [0, 0.1) is 23.2 Å². The number of nitrogens with zero attached hydrogens (tertiary/aromatic N) is 1. The van der Waals surface area contributed by atoms with Crippen LogP contribution >= 0.6 is 0 Å². The monoisotopic (exact) mass is 375 g/mol. The van der Waals surface area contributed by atoms with Gasteiger partial charge in [0.1, 0.15) is 5.75 Å². The quantitative estimate of drug-likeness (QED) is 0.435. The van der Waals surface area contributed by atoms with Crippen molar-refractivity contribution in [2.75, 3.05) is 6.61 Å². The molecule has 1 fully saturated rings. The molecule has 1 saturated carbocycles. The second-order valence-corrected chi connectivity index (χ2v) is 8.16. The Kier molecular flexibility index (Phi) is 7.97. The van der Waals surface area contributed by atoms with E-state index in [4.69, 9.17) is 10.00 Å². The maximum Gasteiger partial charge on any atom is 0.119 e. The van der Waals surface area contributed by atoms with Crippen molar-refractivity contribution in [1.29, 1.82) is 5.26 Å². The molecule has 2 aromatic carbocycles. The summed E-state index contributed by atoms with van der Waals surface area (Å²) in [4.78, 5) is 0. The highest BCUT2D eigenvalue weighted by molar-refractivity contribution is 5.64. The van der Waals surface area contributed by atoms with Crippen LogP contribution in [0.5, 0.6) is 5.75 Å². The van der Waals surface area contributed by atoms with E-state index in [1.807, 2.05) is 0 Å². The van der Waals surface area contributed by atoms with E-state index in [1.54, 1.807) is 0 Å². The van der Waals surface area contributed by atoms with Gasteiger partial charge in [0.05, 0.1) is 12.7 Å². The van der Waals surface area contributed by atoms with E-state index in [1.165, 1.54) is 48.8 Å². The normalized spacial score (nSPS) is 19.1. The molecule has 0 aliphatic heterocycles. The van der Waals surface area contributed by atoms with E-state index in [2.05, 4.69) is 61.5 Å². The molecule has 0 bridgehead atoms. The number of nitriles is 1. The first-order chi connectivity index (χ1) is 13.8. The number of aryl methyl sites for hydroxylation is 1. The van der Waals surface area contributed by atoms with Crippen LogP contribution in [0.2, 0.25) is 0 Å². The lowest BCUT2D eigenvalue weighted by atomic mass is 9.80. The van der Waals surface area contributed by atoms with Crippen molar-refractivity contribution in [3.05, 3.63) is 54.1 Å². The molecule has 0 spiro atoms. The Labute approximate surface area is 170 Å². The van der Waals surface area contributed by atoms with Crippen molar-refractivity contribution in [2.24, 2.45) is 11.8 Å². The van der Waals surface area contributed by atoms with Crippen molar-refractivity contribution in [3.8, 4) is 22.9 Å². The Hall–Kier alpha value is -2.27. The molecular weight excluding hydrogens is 342 g/mol. The minimum absolute atomic E-state index is 0.309. The van der Waals surface area contributed by atoms with Gasteiger partial charge in [0.25, 0.3) is 0 Å². The average molecular weight is 376 g/mol. The van der Waals surface area contributed by atoms with Crippen molar-refractivity contribution < 1.29 is 4.74 Å². The fraction of sp³-hybridized carbons (Fsp3) is 0.500. The topological polar surface area (TPSA) is 33.0 Å². The zero-order chi connectivity index (χ0) is 19.6. The molecule has 0 amide bonds. The molecular formula is C26H33NO. The summed E-state index contributed by atoms with van der Waals surface area (Å²) in [7, 11) is 0. The smallest absolute Gasteiger partial charge is 0.119 e. The Morgan fingerprint density at radius 2 is 1.54 bits per heavy atom. The van der Waals surface area contributed by atoms with Gasteiger partial charge in [-0.05, 0) is 79.7 Å². The van der Waals surface area contributed by atoms with Crippen LogP contribution in [0.25, 0.3) is 11.1 Å². The van der Waals surface area contributed by atoms with Gasteiger partial charge in [-0.15, -0.1) is 0 Å². The van der Waals surface area contributed by atoms with Gasteiger partial charge in [0, 0.05) is 5.92 Å². The van der Waals surface area contributed by atoms with Crippen molar-refractivity contribution in [1.82, 2.24) is 0 Å². The van der Waals surface area contributed by atoms with Gasteiger partial charge in [-0.2, -0.15) is 5.26 Å². The van der Waals surface area contributed by atoms with Crippen LogP contribution < -0.4 is 4.74 Å². The lowest BCUT2D eigenvalue weighted by molar-refractivity contribution is 0.300. The second-order valence-electron chi connectivity index (χ2n) is 8.16. The molecule has 0 N–H and O–H groups in total. The average Bonchev–Trinajstić information content (AvgIpc) is 2.76. The summed E-state index contributed by atoms with van der Waals surface area (Å²) in [5.41, 5.74) is 3.92. The van der Waals surface area contributed by atoms with Crippen molar-refractivity contribution in [3.63, 3.8) is 0 Å². The molecule has 2 heteroatoms. The Morgan fingerprint density at radius 1 is 0.893 bits per heavy atom. The molecule has 0 radical (unpaired) electrons. The summed E-state index contributed by atoms with van der Waals surface area (Å²) < 4.78 is 5.80. The van der Waals surface area contributed by atoms with Crippen molar-refractivity contribution >= 4 is 0 Å². The third kappa shape index (κ3) is 6.13. The largest absolute Gasteiger partial charge is 0.494 e. The van der Waals surface area contributed by atoms with E-state index in [0.717, 1.165) is 44.0 Å². The van der Waals surface area contributed by atoms with Crippen LogP contribution in [0.15, 0.2) is 48.5 Å². The molecule has 2 nitrogen and oxygen atoms in total. The fourth-order valence-corrected chi connectivity index (χ4v) is 4.10. The molecule has 1 aliphatic rings. The highest BCUT2D eigenvalue weighted by Gasteiger charge is 2.20. The van der Waals surface area contributed by atoms with E-state index in [9.17, 15) is 0 Å². The summed E-state index contributed by atoms with van der Waals surface area (Å²) in [5.74, 6) is 2.07. The van der Waals surface area contributed by atoms with Gasteiger partial charge >= 0.3 is 0 Å². The zero-order valence-electron chi connectivity index (χ0n) is 17.2. The third-order valence-electron chi connectivity index (χ3n) is 6.03. The predicted octanol–water partition coefficient (Wildman–Crippen LogP) is 7.19. The lowest BCUT2D eigenvalue weighted by Gasteiger charge is -2.24. The summed E-state index contributed by atoms with van der Waals surface area (Å²) in [6, 6.07) is 19.9. The molecule has 0 heterocycles. The molecule has 0 atom stereocenters. The lowest BCUT2D eigenvalue weighted by Crippen LogP contribution is -2.13. The van der Waals surface area contributed by atoms with E-state index in [-0.39, 0.29) is 0 Å². The number of benzene rings is 2. The van der Waals surface area contributed by atoms with Crippen LogP contribution in [-0.2, 0) is 6.42 Å². The number of ether oxygens (including phenoxy) is 1. The minimum atomic E-state index is 0.309. The Morgan fingerprint density at radius 3 is 2.14 bits per heavy atom. The van der Waals surface area contributed by atoms with Gasteiger partial charge in [-0.3, -0.25) is 0 Å². The predicted molar refractivity (Wildman–Crippen MR) is 116 cm³/mol. The molecule has 1 aliphatic carbocycles. The standard InChI is InChI=1S/C26H33NO/c1-2-3-4-19-28-26-17-15-25(16-18-26)24-13-11-22(12-14-24)6-5-21-7-9-23(20-27)10-8-21/h11-18,21,23H,2-10,19H2,1H3/t21-,23-. The zero-order valence-corrected chi connectivity index (χ0v) is 17.2. The molecule has 0 saturated heterocycles. The van der Waals surface area contributed by atoms with Gasteiger partial charge in [-0.1, -0.05) is 56.2 Å². The van der Waals surface area contributed by atoms with Crippen LogP contribution in [0.4, 0.5) is 0 Å². The summed E-state index contributed by atoms with van der Waals surface area (Å²) in [5, 5.41) is 9.02. The number of hydrogen-bond donors (Lipinski definition) is 0. The first-order valence-electron chi connectivity index (χ1n) is 11.0. The first kappa shape index (κ1) is 20.5. The minimum Gasteiger partial charge on any atom is -0.494 e. The summed E-state index contributed by atoms with van der Waals surface area (Å²) in [6.45, 7) is 3.01. The van der Waals surface area contributed by atoms with Crippen LogP contribution in [0.1, 0.15) is 63.9 Å². The number of hydrogen-bond acceptors (Lipinski definition) is 2. The SMILES string of the molecule is CCCCCOc1ccc(-c2ccc(CC[C@H]3CC[C@H](C#N)CC3)cc2)cc1. The third-order valence-corrected chi connectivity index (χ3v) is 6.03. The van der Waals surface area contributed by atoms with Gasteiger partial charge < -0.3 is 4.74 Å². The van der Waals surface area contributed by atoms with Crippen LogP contribution in [0.3, 0.4) is 0 Å². The molecule has 148 valence electrons. The van der Waals surface area contributed by atoms with E-state index < -0.39 is 0 Å². The van der Waals surface area contributed by atoms with Gasteiger partial charge in [0.15, 0.2) is 0 Å². The Balaban J connectivity index is 1.47. The highest BCUT2D eigenvalue weighted by Crippen LogP contribution is 2.31. The molecule has 0 aromatic heterocycles. The number of rotatable bonds is 9. The maximum atomic E-state index is 9.02. The maximum absolute atomic E-state index is 9.02. The van der Waals surface area contributed by atoms with Crippen molar-refractivity contribution in [2.45, 2.75) is 64.7 Å². The van der Waals surface area contributed by atoms with E-state index in [0.29, 0.717) is 5.92 Å². The molecule has 3 rings (SSSR count). The summed E-state index contributed by atoms with van der Waals surface area (Å²) >= 11 is 0. The summed E-state index contributed by atoms with van der Waals surface area (Å²) in [6.07, 6.45) is 10.6.